The number of carbonyl (C=O) groups excluding carboxylic acids is 1. The molecule has 5 nitrogen and oxygen atoms in total. The maximum absolute atomic E-state index is 12.6. The maximum atomic E-state index is 12.6. The summed E-state index contributed by atoms with van der Waals surface area (Å²) in [7, 11) is 0. The van der Waals surface area contributed by atoms with Crippen LogP contribution in [0.4, 0.5) is 5.69 Å². The van der Waals surface area contributed by atoms with Gasteiger partial charge >= 0.3 is 0 Å². The second kappa shape index (κ2) is 9.82. The van der Waals surface area contributed by atoms with E-state index in [0.29, 0.717) is 41.0 Å². The number of nitrogens with one attached hydrogen (secondary N) is 1. The lowest BCUT2D eigenvalue weighted by molar-refractivity contribution is -0.112. The van der Waals surface area contributed by atoms with Crippen molar-refractivity contribution in [2.24, 2.45) is 0 Å². The third-order valence-corrected chi connectivity index (χ3v) is 4.22. The number of aryl methyl sites for hydroxylation is 2. The lowest BCUT2D eigenvalue weighted by Gasteiger charge is -2.13. The van der Waals surface area contributed by atoms with E-state index in [9.17, 15) is 10.1 Å². The molecule has 0 saturated carbocycles. The molecule has 0 radical (unpaired) electrons. The fourth-order valence-electron chi connectivity index (χ4n) is 2.59. The summed E-state index contributed by atoms with van der Waals surface area (Å²) in [5, 5.41) is 12.6. The van der Waals surface area contributed by atoms with Crippen molar-refractivity contribution < 1.29 is 14.3 Å². The first kappa shape index (κ1) is 21.3. The standard InChI is InChI=1S/C22H23ClN2O3/c1-5-27-20-12-16(11-18(23)21(20)28-6-2)10-17(13-24)22(26)25-19-9-14(3)7-8-15(19)4/h7-12H,5-6H2,1-4H3,(H,25,26)/b17-10+. The van der Waals surface area contributed by atoms with Crippen LogP contribution in [0.3, 0.4) is 0 Å². The van der Waals surface area contributed by atoms with Gasteiger partial charge < -0.3 is 14.8 Å². The number of amides is 1. The van der Waals surface area contributed by atoms with E-state index >= 15 is 0 Å². The summed E-state index contributed by atoms with van der Waals surface area (Å²) >= 11 is 6.31. The van der Waals surface area contributed by atoms with Crippen LogP contribution in [0.25, 0.3) is 6.08 Å². The summed E-state index contributed by atoms with van der Waals surface area (Å²) in [6, 6.07) is 11.0. The molecule has 0 aliphatic carbocycles. The highest BCUT2D eigenvalue weighted by Crippen LogP contribution is 2.37. The predicted octanol–water partition coefficient (Wildman–Crippen LogP) is 5.30. The molecule has 0 fully saturated rings. The molecule has 146 valence electrons. The minimum absolute atomic E-state index is 0.0384. The Balaban J connectivity index is 2.36. The number of benzene rings is 2. The van der Waals surface area contributed by atoms with E-state index < -0.39 is 5.91 Å². The Labute approximate surface area is 170 Å². The van der Waals surface area contributed by atoms with Crippen molar-refractivity contribution in [1.29, 1.82) is 5.26 Å². The highest BCUT2D eigenvalue weighted by Gasteiger charge is 2.15. The van der Waals surface area contributed by atoms with Crippen molar-refractivity contribution in [2.75, 3.05) is 18.5 Å². The highest BCUT2D eigenvalue weighted by atomic mass is 35.5. The Morgan fingerprint density at radius 2 is 1.89 bits per heavy atom. The molecule has 2 aromatic rings. The van der Waals surface area contributed by atoms with Gasteiger partial charge in [-0.25, -0.2) is 0 Å². The summed E-state index contributed by atoms with van der Waals surface area (Å²) in [6.07, 6.45) is 1.48. The molecule has 1 N–H and O–H groups in total. The van der Waals surface area contributed by atoms with Crippen LogP contribution in [0, 0.1) is 25.2 Å². The van der Waals surface area contributed by atoms with Crippen LogP contribution in [0.5, 0.6) is 11.5 Å². The molecule has 0 heterocycles. The summed E-state index contributed by atoms with van der Waals surface area (Å²) < 4.78 is 11.1. The van der Waals surface area contributed by atoms with E-state index in [4.69, 9.17) is 21.1 Å². The predicted molar refractivity (Wildman–Crippen MR) is 112 cm³/mol. The minimum atomic E-state index is -0.487. The van der Waals surface area contributed by atoms with Crippen molar-refractivity contribution in [1.82, 2.24) is 0 Å². The van der Waals surface area contributed by atoms with E-state index in [-0.39, 0.29) is 5.57 Å². The zero-order valence-electron chi connectivity index (χ0n) is 16.4. The zero-order valence-corrected chi connectivity index (χ0v) is 17.2. The fourth-order valence-corrected chi connectivity index (χ4v) is 2.87. The first-order valence-corrected chi connectivity index (χ1v) is 9.36. The van der Waals surface area contributed by atoms with Crippen LogP contribution in [0.1, 0.15) is 30.5 Å². The monoisotopic (exact) mass is 398 g/mol. The van der Waals surface area contributed by atoms with E-state index in [1.165, 1.54) is 6.08 Å². The molecule has 2 aromatic carbocycles. The molecular weight excluding hydrogens is 376 g/mol. The van der Waals surface area contributed by atoms with Crippen molar-refractivity contribution in [3.05, 3.63) is 57.6 Å². The highest BCUT2D eigenvalue weighted by molar-refractivity contribution is 6.32. The average Bonchev–Trinajstić information content (AvgIpc) is 2.65. The zero-order chi connectivity index (χ0) is 20.7. The van der Waals surface area contributed by atoms with Crippen LogP contribution in [0.15, 0.2) is 35.9 Å². The second-order valence-corrected chi connectivity index (χ2v) is 6.55. The number of halogens is 1. The molecule has 28 heavy (non-hydrogen) atoms. The van der Waals surface area contributed by atoms with Crippen molar-refractivity contribution in [3.8, 4) is 17.6 Å². The van der Waals surface area contributed by atoms with E-state index in [0.717, 1.165) is 11.1 Å². The van der Waals surface area contributed by atoms with Gasteiger partial charge in [0.1, 0.15) is 11.6 Å². The maximum Gasteiger partial charge on any atom is 0.266 e. The first-order valence-electron chi connectivity index (χ1n) is 8.99. The lowest BCUT2D eigenvalue weighted by atomic mass is 10.1. The Morgan fingerprint density at radius 3 is 2.54 bits per heavy atom. The number of ether oxygens (including phenoxy) is 2. The van der Waals surface area contributed by atoms with Gasteiger partial charge in [-0.3, -0.25) is 4.79 Å². The number of rotatable bonds is 7. The van der Waals surface area contributed by atoms with Crippen LogP contribution in [-0.4, -0.2) is 19.1 Å². The van der Waals surface area contributed by atoms with Gasteiger partial charge in [0.2, 0.25) is 0 Å². The third-order valence-electron chi connectivity index (χ3n) is 3.94. The fraction of sp³-hybridized carbons (Fsp3) is 0.273. The van der Waals surface area contributed by atoms with Crippen molar-refractivity contribution in [2.45, 2.75) is 27.7 Å². The molecule has 0 aliphatic rings. The SMILES string of the molecule is CCOc1cc(/C=C(\C#N)C(=O)Nc2cc(C)ccc2C)cc(Cl)c1OCC. The Bertz CT molecular complexity index is 946. The van der Waals surface area contributed by atoms with Gasteiger partial charge in [-0.05, 0) is 68.7 Å². The van der Waals surface area contributed by atoms with Crippen LogP contribution in [0.2, 0.25) is 5.02 Å². The Morgan fingerprint density at radius 1 is 1.18 bits per heavy atom. The largest absolute Gasteiger partial charge is 0.490 e. The molecular formula is C22H23ClN2O3. The molecule has 2 rings (SSSR count). The number of hydrogen-bond donors (Lipinski definition) is 1. The number of carbonyl (C=O) groups is 1. The molecule has 0 aromatic heterocycles. The van der Waals surface area contributed by atoms with Gasteiger partial charge in [0.25, 0.3) is 5.91 Å². The summed E-state index contributed by atoms with van der Waals surface area (Å²) in [5.41, 5.74) is 3.14. The quantitative estimate of drug-likeness (QED) is 0.507. The Hall–Kier alpha value is -2.97. The lowest BCUT2D eigenvalue weighted by Crippen LogP contribution is -2.14. The van der Waals surface area contributed by atoms with Gasteiger partial charge in [-0.2, -0.15) is 5.26 Å². The van der Waals surface area contributed by atoms with Gasteiger partial charge in [0.05, 0.1) is 18.2 Å². The Kier molecular flexibility index (Phi) is 7.48. The molecule has 0 bridgehead atoms. The number of hydrogen-bond acceptors (Lipinski definition) is 4. The smallest absolute Gasteiger partial charge is 0.266 e. The molecule has 1 amide bonds. The summed E-state index contributed by atoms with van der Waals surface area (Å²) in [5.74, 6) is 0.427. The average molecular weight is 399 g/mol. The van der Waals surface area contributed by atoms with Crippen LogP contribution < -0.4 is 14.8 Å². The minimum Gasteiger partial charge on any atom is -0.490 e. The third kappa shape index (κ3) is 5.28. The van der Waals surface area contributed by atoms with Crippen LogP contribution in [-0.2, 0) is 4.79 Å². The van der Waals surface area contributed by atoms with Gasteiger partial charge in [0.15, 0.2) is 11.5 Å². The van der Waals surface area contributed by atoms with E-state index in [2.05, 4.69) is 5.32 Å². The van der Waals surface area contributed by atoms with Gasteiger partial charge in [-0.15, -0.1) is 0 Å². The molecule has 0 atom stereocenters. The molecule has 6 heteroatoms. The number of nitriles is 1. The number of nitrogens with zero attached hydrogens (tertiary/aromatic N) is 1. The molecule has 0 saturated heterocycles. The van der Waals surface area contributed by atoms with E-state index in [1.807, 2.05) is 52.0 Å². The molecule has 0 aliphatic heterocycles. The first-order chi connectivity index (χ1) is 13.4. The van der Waals surface area contributed by atoms with E-state index in [1.54, 1.807) is 12.1 Å². The van der Waals surface area contributed by atoms with Crippen LogP contribution >= 0.6 is 11.6 Å². The van der Waals surface area contributed by atoms with Gasteiger partial charge in [0, 0.05) is 5.69 Å². The second-order valence-electron chi connectivity index (χ2n) is 6.14. The van der Waals surface area contributed by atoms with Gasteiger partial charge in [-0.1, -0.05) is 23.7 Å². The summed E-state index contributed by atoms with van der Waals surface area (Å²) in [4.78, 5) is 12.6. The molecule has 0 spiro atoms. The van der Waals surface area contributed by atoms with Crippen molar-refractivity contribution in [3.63, 3.8) is 0 Å². The number of anilines is 1. The normalized spacial score (nSPS) is 10.9. The molecule has 0 unspecified atom stereocenters. The van der Waals surface area contributed by atoms with Crippen molar-refractivity contribution >= 4 is 29.3 Å². The topological polar surface area (TPSA) is 71.3 Å². The summed E-state index contributed by atoms with van der Waals surface area (Å²) in [6.45, 7) is 8.41.